The van der Waals surface area contributed by atoms with Crippen LogP contribution < -0.4 is 10.1 Å². The second-order valence-electron chi connectivity index (χ2n) is 7.72. The summed E-state index contributed by atoms with van der Waals surface area (Å²) in [4.78, 5) is 20.5. The Morgan fingerprint density at radius 1 is 1.09 bits per heavy atom. The van der Waals surface area contributed by atoms with Crippen LogP contribution in [0.5, 0.6) is 5.75 Å². The maximum Gasteiger partial charge on any atom is 0.221 e. The van der Waals surface area contributed by atoms with E-state index in [1.54, 1.807) is 17.9 Å². The van der Waals surface area contributed by atoms with Gasteiger partial charge in [0.05, 0.1) is 24.0 Å². The zero-order chi connectivity index (χ0) is 23.2. The number of carbonyl (C=O) groups excluding carboxylic acids is 1. The number of hydrogen-bond donors (Lipinski definition) is 1. The van der Waals surface area contributed by atoms with Gasteiger partial charge < -0.3 is 14.8 Å². The molecular formula is C25H27N5O3. The molecule has 1 aliphatic heterocycles. The number of fused-ring (bicyclic) bond motifs is 1. The lowest BCUT2D eigenvalue weighted by atomic mass is 10.0. The van der Waals surface area contributed by atoms with Crippen LogP contribution in [0.15, 0.2) is 55.0 Å². The van der Waals surface area contributed by atoms with Gasteiger partial charge in [-0.3, -0.25) is 9.48 Å². The normalized spacial score (nSPS) is 12.8. The largest absolute Gasteiger partial charge is 0.494 e. The van der Waals surface area contributed by atoms with Gasteiger partial charge in [-0.2, -0.15) is 5.10 Å². The third kappa shape index (κ3) is 5.18. The highest BCUT2D eigenvalue weighted by Gasteiger charge is 2.18. The third-order valence-electron chi connectivity index (χ3n) is 5.23. The zero-order valence-corrected chi connectivity index (χ0v) is 19.0. The molecule has 33 heavy (non-hydrogen) atoms. The predicted molar refractivity (Wildman–Crippen MR) is 128 cm³/mol. The number of carbonyl (C=O) groups is 1. The second kappa shape index (κ2) is 10.2. The predicted octanol–water partition coefficient (Wildman–Crippen LogP) is 4.46. The van der Waals surface area contributed by atoms with Crippen LogP contribution in [0.2, 0.25) is 0 Å². The Labute approximate surface area is 192 Å². The molecule has 0 radical (unpaired) electrons. The van der Waals surface area contributed by atoms with Gasteiger partial charge in [0, 0.05) is 56.0 Å². The van der Waals surface area contributed by atoms with Crippen LogP contribution >= 0.6 is 0 Å². The van der Waals surface area contributed by atoms with Gasteiger partial charge in [-0.15, -0.1) is 0 Å². The molecule has 1 N–H and O–H groups in total. The molecule has 1 amide bonds. The molecule has 1 saturated heterocycles. The van der Waals surface area contributed by atoms with E-state index in [9.17, 15) is 4.79 Å². The van der Waals surface area contributed by atoms with E-state index in [0.29, 0.717) is 11.4 Å². The van der Waals surface area contributed by atoms with Crippen LogP contribution in [0.4, 0.5) is 5.69 Å². The SMILES string of the molecule is C1CCOC1.COc1cc2ncnc(-c3cn(C)nc3-c3ccccc3)c2cc1NC(C)=O. The molecule has 2 aromatic carbocycles. The summed E-state index contributed by atoms with van der Waals surface area (Å²) in [5.74, 6) is 0.365. The van der Waals surface area contributed by atoms with Gasteiger partial charge in [-0.1, -0.05) is 30.3 Å². The monoisotopic (exact) mass is 445 g/mol. The van der Waals surface area contributed by atoms with Gasteiger partial charge in [0.1, 0.15) is 17.8 Å². The molecule has 8 nitrogen and oxygen atoms in total. The third-order valence-corrected chi connectivity index (χ3v) is 5.23. The number of aryl methyl sites for hydroxylation is 1. The van der Waals surface area contributed by atoms with Crippen LogP contribution in [0.1, 0.15) is 19.8 Å². The van der Waals surface area contributed by atoms with Gasteiger partial charge in [0.25, 0.3) is 0 Å². The molecule has 0 aliphatic carbocycles. The lowest BCUT2D eigenvalue weighted by Gasteiger charge is -2.12. The Hall–Kier alpha value is -3.78. The molecule has 1 fully saturated rings. The van der Waals surface area contributed by atoms with E-state index in [1.807, 2.05) is 49.6 Å². The van der Waals surface area contributed by atoms with Gasteiger partial charge in [-0.25, -0.2) is 9.97 Å². The minimum absolute atomic E-state index is 0.178. The number of aromatic nitrogens is 4. The van der Waals surface area contributed by atoms with E-state index in [1.165, 1.54) is 26.1 Å². The number of methoxy groups -OCH3 is 1. The topological polar surface area (TPSA) is 91.2 Å². The van der Waals surface area contributed by atoms with E-state index in [0.717, 1.165) is 46.6 Å². The van der Waals surface area contributed by atoms with Crippen LogP contribution in [-0.2, 0) is 16.6 Å². The molecule has 8 heteroatoms. The molecule has 1 aliphatic rings. The molecule has 170 valence electrons. The number of amides is 1. The molecule has 0 saturated carbocycles. The summed E-state index contributed by atoms with van der Waals surface area (Å²) in [6.45, 7) is 3.46. The maximum absolute atomic E-state index is 11.6. The molecule has 3 heterocycles. The van der Waals surface area contributed by atoms with E-state index < -0.39 is 0 Å². The lowest BCUT2D eigenvalue weighted by Crippen LogP contribution is -2.07. The summed E-state index contributed by atoms with van der Waals surface area (Å²) in [6.07, 6.45) is 6.02. The van der Waals surface area contributed by atoms with Gasteiger partial charge >= 0.3 is 0 Å². The van der Waals surface area contributed by atoms with Crippen LogP contribution in [-0.4, -0.2) is 46.0 Å². The summed E-state index contributed by atoms with van der Waals surface area (Å²) in [6, 6.07) is 13.6. The smallest absolute Gasteiger partial charge is 0.221 e. The van der Waals surface area contributed by atoms with Crippen molar-refractivity contribution in [2.24, 2.45) is 7.05 Å². The molecule has 5 rings (SSSR count). The van der Waals surface area contributed by atoms with Crippen molar-refractivity contribution < 1.29 is 14.3 Å². The summed E-state index contributed by atoms with van der Waals surface area (Å²) in [5.41, 5.74) is 4.76. The van der Waals surface area contributed by atoms with Crippen molar-refractivity contribution in [3.63, 3.8) is 0 Å². The molecule has 0 unspecified atom stereocenters. The first kappa shape index (κ1) is 22.4. The van der Waals surface area contributed by atoms with Crippen molar-refractivity contribution in [2.75, 3.05) is 25.6 Å². The Kier molecular flexibility index (Phi) is 6.95. The lowest BCUT2D eigenvalue weighted by molar-refractivity contribution is -0.114. The fraction of sp³-hybridized carbons (Fsp3) is 0.280. The first-order chi connectivity index (χ1) is 16.1. The van der Waals surface area contributed by atoms with E-state index in [4.69, 9.17) is 9.47 Å². The number of anilines is 1. The summed E-state index contributed by atoms with van der Waals surface area (Å²) in [5, 5.41) is 8.24. The van der Waals surface area contributed by atoms with Crippen molar-refractivity contribution in [3.8, 4) is 28.3 Å². The number of hydrogen-bond acceptors (Lipinski definition) is 6. The molecule has 4 aromatic rings. The second-order valence-corrected chi connectivity index (χ2v) is 7.72. The van der Waals surface area contributed by atoms with Crippen molar-refractivity contribution in [3.05, 3.63) is 55.0 Å². The number of nitrogens with zero attached hydrogens (tertiary/aromatic N) is 4. The average Bonchev–Trinajstić information content (AvgIpc) is 3.52. The number of nitrogens with one attached hydrogen (secondary N) is 1. The van der Waals surface area contributed by atoms with Crippen molar-refractivity contribution in [2.45, 2.75) is 19.8 Å². The van der Waals surface area contributed by atoms with E-state index >= 15 is 0 Å². The maximum atomic E-state index is 11.6. The molecule has 2 aromatic heterocycles. The van der Waals surface area contributed by atoms with Crippen LogP contribution in [0, 0.1) is 0 Å². The number of rotatable bonds is 4. The fourth-order valence-corrected chi connectivity index (χ4v) is 3.74. The fourth-order valence-electron chi connectivity index (χ4n) is 3.74. The first-order valence-corrected chi connectivity index (χ1v) is 10.8. The van der Waals surface area contributed by atoms with Crippen molar-refractivity contribution in [1.82, 2.24) is 19.7 Å². The van der Waals surface area contributed by atoms with Crippen LogP contribution in [0.3, 0.4) is 0 Å². The van der Waals surface area contributed by atoms with Crippen LogP contribution in [0.25, 0.3) is 33.4 Å². The van der Waals surface area contributed by atoms with Gasteiger partial charge in [0.2, 0.25) is 5.91 Å². The molecule has 0 spiro atoms. The van der Waals surface area contributed by atoms with Crippen molar-refractivity contribution >= 4 is 22.5 Å². The highest BCUT2D eigenvalue weighted by atomic mass is 16.5. The molecular weight excluding hydrogens is 418 g/mol. The Morgan fingerprint density at radius 2 is 1.85 bits per heavy atom. The number of benzene rings is 2. The van der Waals surface area contributed by atoms with E-state index in [2.05, 4.69) is 20.4 Å². The van der Waals surface area contributed by atoms with E-state index in [-0.39, 0.29) is 5.91 Å². The van der Waals surface area contributed by atoms with Crippen molar-refractivity contribution in [1.29, 1.82) is 0 Å². The summed E-state index contributed by atoms with van der Waals surface area (Å²) in [7, 11) is 3.44. The highest BCUT2D eigenvalue weighted by molar-refractivity contribution is 6.01. The van der Waals surface area contributed by atoms with Gasteiger partial charge in [0.15, 0.2) is 0 Å². The number of ether oxygens (including phenoxy) is 2. The highest BCUT2D eigenvalue weighted by Crippen LogP contribution is 2.37. The quantitative estimate of drug-likeness (QED) is 0.499. The zero-order valence-electron chi connectivity index (χ0n) is 19.0. The Morgan fingerprint density at radius 3 is 2.48 bits per heavy atom. The Balaban J connectivity index is 0.000000459. The summed E-state index contributed by atoms with van der Waals surface area (Å²) < 4.78 is 12.1. The Bertz CT molecular complexity index is 1240. The molecule has 0 atom stereocenters. The minimum atomic E-state index is -0.178. The van der Waals surface area contributed by atoms with Gasteiger partial charge in [-0.05, 0) is 18.9 Å². The average molecular weight is 446 g/mol. The molecule has 0 bridgehead atoms. The minimum Gasteiger partial charge on any atom is -0.494 e. The summed E-state index contributed by atoms with van der Waals surface area (Å²) >= 11 is 0. The standard InChI is InChI=1S/C21H19N5O2.C4H8O/c1-13(27)24-18-9-15-17(10-19(18)28-3)22-12-23-21(15)16-11-26(2)25-20(16)14-7-5-4-6-8-14;1-2-4-5-3-1/h4-12H,1-3H3,(H,24,27);1-4H2. The first-order valence-electron chi connectivity index (χ1n) is 10.8.